The molecule has 1 fully saturated rings. The number of fused-ring (bicyclic) bond motifs is 1. The lowest BCUT2D eigenvalue weighted by molar-refractivity contribution is 0.462. The number of aryl methyl sites for hydroxylation is 1. The summed E-state index contributed by atoms with van der Waals surface area (Å²) in [6.45, 7) is 1.99. The number of halogens is 1. The average molecular weight is 283 g/mol. The van der Waals surface area contributed by atoms with Gasteiger partial charge in [-0.2, -0.15) is 4.37 Å². The molecule has 96 valence electrons. The number of nitrogens with zero attached hydrogens (tertiary/aromatic N) is 3. The second-order valence-corrected chi connectivity index (χ2v) is 5.86. The number of aromatic nitrogens is 3. The van der Waals surface area contributed by atoms with Crippen molar-refractivity contribution in [1.29, 1.82) is 0 Å². The Labute approximate surface area is 115 Å². The predicted octanol–water partition coefficient (Wildman–Crippen LogP) is 3.79. The maximum atomic E-state index is 5.97. The number of hydrogen-bond acceptors (Lipinski definition) is 5. The van der Waals surface area contributed by atoms with E-state index in [1.54, 1.807) is 0 Å². The first-order valence-corrected chi connectivity index (χ1v) is 7.45. The van der Waals surface area contributed by atoms with Crippen molar-refractivity contribution in [3.05, 3.63) is 11.0 Å². The van der Waals surface area contributed by atoms with Gasteiger partial charge in [0.1, 0.15) is 5.82 Å². The zero-order chi connectivity index (χ0) is 12.5. The van der Waals surface area contributed by atoms with E-state index in [9.17, 15) is 0 Å². The summed E-state index contributed by atoms with van der Waals surface area (Å²) in [6.07, 6.45) is 6.34. The molecular formula is C12H15ClN4S. The van der Waals surface area contributed by atoms with Crippen LogP contribution in [-0.2, 0) is 0 Å². The first kappa shape index (κ1) is 12.1. The van der Waals surface area contributed by atoms with Gasteiger partial charge in [-0.1, -0.05) is 19.3 Å². The third-order valence-electron chi connectivity index (χ3n) is 3.43. The molecule has 0 unspecified atom stereocenters. The van der Waals surface area contributed by atoms with Crippen molar-refractivity contribution in [3.8, 4) is 0 Å². The van der Waals surface area contributed by atoms with E-state index in [-0.39, 0.29) is 0 Å². The summed E-state index contributed by atoms with van der Waals surface area (Å²) in [4.78, 5) is 9.43. The maximum Gasteiger partial charge on any atom is 0.225 e. The third kappa shape index (κ3) is 2.29. The number of anilines is 1. The largest absolute Gasteiger partial charge is 0.367 e. The molecule has 0 aromatic carbocycles. The predicted molar refractivity (Wildman–Crippen MR) is 75.5 cm³/mol. The molecule has 4 nitrogen and oxygen atoms in total. The topological polar surface area (TPSA) is 50.7 Å². The van der Waals surface area contributed by atoms with E-state index < -0.39 is 0 Å². The molecule has 0 amide bonds. The summed E-state index contributed by atoms with van der Waals surface area (Å²) in [7, 11) is 0. The van der Waals surface area contributed by atoms with Crippen molar-refractivity contribution in [2.45, 2.75) is 45.1 Å². The molecule has 0 aliphatic heterocycles. The first-order chi connectivity index (χ1) is 8.74. The van der Waals surface area contributed by atoms with Crippen LogP contribution in [0.15, 0.2) is 0 Å². The Balaban J connectivity index is 1.96. The molecule has 1 aliphatic carbocycles. The molecule has 2 aromatic rings. The lowest BCUT2D eigenvalue weighted by Crippen LogP contribution is -2.23. The van der Waals surface area contributed by atoms with Gasteiger partial charge in [0.2, 0.25) is 5.28 Å². The van der Waals surface area contributed by atoms with E-state index in [1.807, 2.05) is 6.92 Å². The highest BCUT2D eigenvalue weighted by Crippen LogP contribution is 2.30. The summed E-state index contributed by atoms with van der Waals surface area (Å²) in [5.41, 5.74) is 0.977. The van der Waals surface area contributed by atoms with E-state index >= 15 is 0 Å². The first-order valence-electron chi connectivity index (χ1n) is 6.30. The standard InChI is InChI=1S/C12H15ClN4S/c1-7-9-10(14-8-5-3-2-4-6-8)15-12(13)16-11(9)18-17-7/h8H,2-6H2,1H3,(H,14,15,16). The summed E-state index contributed by atoms with van der Waals surface area (Å²) in [5, 5.41) is 4.84. The fourth-order valence-corrected chi connectivity index (χ4v) is 3.51. The Kier molecular flexibility index (Phi) is 3.35. The van der Waals surface area contributed by atoms with E-state index in [1.165, 1.54) is 43.6 Å². The molecule has 1 N–H and O–H groups in total. The van der Waals surface area contributed by atoms with Crippen LogP contribution in [0.4, 0.5) is 5.82 Å². The molecule has 0 atom stereocenters. The van der Waals surface area contributed by atoms with Gasteiger partial charge in [0.15, 0.2) is 4.83 Å². The highest BCUT2D eigenvalue weighted by Gasteiger charge is 2.18. The highest BCUT2D eigenvalue weighted by molar-refractivity contribution is 7.13. The lowest BCUT2D eigenvalue weighted by atomic mass is 9.95. The smallest absolute Gasteiger partial charge is 0.225 e. The van der Waals surface area contributed by atoms with Crippen molar-refractivity contribution in [3.63, 3.8) is 0 Å². The van der Waals surface area contributed by atoms with Crippen LogP contribution >= 0.6 is 23.1 Å². The molecule has 2 heterocycles. The molecule has 6 heteroatoms. The third-order valence-corrected chi connectivity index (χ3v) is 4.43. The van der Waals surface area contributed by atoms with Crippen LogP contribution in [-0.4, -0.2) is 20.4 Å². The monoisotopic (exact) mass is 282 g/mol. The van der Waals surface area contributed by atoms with Gasteiger partial charge in [0.25, 0.3) is 0 Å². The van der Waals surface area contributed by atoms with Crippen LogP contribution in [0.1, 0.15) is 37.8 Å². The molecule has 1 aliphatic rings. The average Bonchev–Trinajstić information content (AvgIpc) is 2.72. The zero-order valence-electron chi connectivity index (χ0n) is 10.2. The van der Waals surface area contributed by atoms with Crippen molar-refractivity contribution in [2.75, 3.05) is 5.32 Å². The minimum Gasteiger partial charge on any atom is -0.367 e. The van der Waals surface area contributed by atoms with Gasteiger partial charge in [-0.25, -0.2) is 9.97 Å². The van der Waals surface area contributed by atoms with Crippen molar-refractivity contribution >= 4 is 39.2 Å². The van der Waals surface area contributed by atoms with Crippen LogP contribution in [0.25, 0.3) is 10.2 Å². The van der Waals surface area contributed by atoms with Gasteiger partial charge >= 0.3 is 0 Å². The maximum absolute atomic E-state index is 5.97. The molecule has 0 bridgehead atoms. The quantitative estimate of drug-likeness (QED) is 0.852. The molecule has 2 aromatic heterocycles. The Morgan fingerprint density at radius 2 is 2.00 bits per heavy atom. The Bertz CT molecular complexity index is 562. The molecule has 3 rings (SSSR count). The van der Waals surface area contributed by atoms with Gasteiger partial charge in [-0.05, 0) is 42.9 Å². The fourth-order valence-electron chi connectivity index (χ4n) is 2.51. The van der Waals surface area contributed by atoms with Gasteiger partial charge in [-0.15, -0.1) is 0 Å². The van der Waals surface area contributed by atoms with E-state index in [2.05, 4.69) is 19.7 Å². The number of hydrogen-bond donors (Lipinski definition) is 1. The summed E-state index contributed by atoms with van der Waals surface area (Å²) >= 11 is 7.35. The van der Waals surface area contributed by atoms with Crippen LogP contribution in [0.5, 0.6) is 0 Å². The molecule has 0 radical (unpaired) electrons. The van der Waals surface area contributed by atoms with Crippen LogP contribution in [0, 0.1) is 6.92 Å². The van der Waals surface area contributed by atoms with E-state index in [0.717, 1.165) is 21.7 Å². The van der Waals surface area contributed by atoms with Crippen molar-refractivity contribution < 1.29 is 0 Å². The van der Waals surface area contributed by atoms with Crippen LogP contribution < -0.4 is 5.32 Å². The minimum absolute atomic E-state index is 0.296. The van der Waals surface area contributed by atoms with Gasteiger partial charge in [-0.3, -0.25) is 0 Å². The second kappa shape index (κ2) is 4.97. The van der Waals surface area contributed by atoms with Crippen molar-refractivity contribution in [2.24, 2.45) is 0 Å². The Morgan fingerprint density at radius 3 is 2.78 bits per heavy atom. The fraction of sp³-hybridized carbons (Fsp3) is 0.583. The highest BCUT2D eigenvalue weighted by atomic mass is 35.5. The van der Waals surface area contributed by atoms with Crippen LogP contribution in [0.2, 0.25) is 5.28 Å². The van der Waals surface area contributed by atoms with Gasteiger partial charge < -0.3 is 5.32 Å². The van der Waals surface area contributed by atoms with Gasteiger partial charge in [0.05, 0.1) is 11.1 Å². The molecule has 1 saturated carbocycles. The number of nitrogens with one attached hydrogen (secondary N) is 1. The van der Waals surface area contributed by atoms with E-state index in [0.29, 0.717) is 11.3 Å². The summed E-state index contributed by atoms with van der Waals surface area (Å²) in [5.74, 6) is 0.850. The zero-order valence-corrected chi connectivity index (χ0v) is 11.8. The molecular weight excluding hydrogens is 268 g/mol. The Morgan fingerprint density at radius 1 is 1.22 bits per heavy atom. The SMILES string of the molecule is Cc1nsc2nc(Cl)nc(NC3CCCCC3)c12. The molecule has 18 heavy (non-hydrogen) atoms. The van der Waals surface area contributed by atoms with E-state index in [4.69, 9.17) is 11.6 Å². The summed E-state index contributed by atoms with van der Waals surface area (Å²) < 4.78 is 4.33. The van der Waals surface area contributed by atoms with Crippen molar-refractivity contribution in [1.82, 2.24) is 14.3 Å². The van der Waals surface area contributed by atoms with Gasteiger partial charge in [0, 0.05) is 6.04 Å². The number of rotatable bonds is 2. The summed E-state index contributed by atoms with van der Waals surface area (Å²) in [6, 6.07) is 0.507. The molecule has 0 spiro atoms. The normalized spacial score (nSPS) is 17.2. The minimum atomic E-state index is 0.296. The lowest BCUT2D eigenvalue weighted by Gasteiger charge is -2.23. The van der Waals surface area contributed by atoms with Crippen LogP contribution in [0.3, 0.4) is 0 Å². The second-order valence-electron chi connectivity index (χ2n) is 4.77. The Hall–Kier alpha value is -0.940. The molecule has 0 saturated heterocycles.